The van der Waals surface area contributed by atoms with E-state index in [2.05, 4.69) is 16.2 Å². The molecule has 0 heterocycles. The molecule has 0 bridgehead atoms. The Bertz CT molecular complexity index is 962. The van der Waals surface area contributed by atoms with E-state index in [1.54, 1.807) is 49.6 Å². The number of hydrogen-bond acceptors (Lipinski definition) is 5. The Labute approximate surface area is 168 Å². The van der Waals surface area contributed by atoms with E-state index in [4.69, 9.17) is 17.0 Å². The van der Waals surface area contributed by atoms with Gasteiger partial charge >= 0.3 is 0 Å². The van der Waals surface area contributed by atoms with Crippen LogP contribution in [-0.4, -0.2) is 24.0 Å². The van der Waals surface area contributed by atoms with E-state index >= 15 is 0 Å². The van der Waals surface area contributed by atoms with E-state index in [1.165, 1.54) is 6.08 Å². The molecule has 0 aliphatic rings. The summed E-state index contributed by atoms with van der Waals surface area (Å²) in [4.78, 5) is 24.3. The van der Waals surface area contributed by atoms with E-state index in [-0.39, 0.29) is 10.7 Å². The van der Waals surface area contributed by atoms with Crippen LogP contribution in [0, 0.1) is 18.3 Å². The molecule has 2 amide bonds. The number of nitrogens with zero attached hydrogens (tertiary/aromatic N) is 1. The lowest BCUT2D eigenvalue weighted by Crippen LogP contribution is -2.48. The molecule has 0 atom stereocenters. The second-order valence-corrected chi connectivity index (χ2v) is 6.08. The highest BCUT2D eigenvalue weighted by Gasteiger charge is 2.11. The monoisotopic (exact) mass is 394 g/mol. The van der Waals surface area contributed by atoms with Gasteiger partial charge in [0.15, 0.2) is 5.11 Å². The van der Waals surface area contributed by atoms with Crippen molar-refractivity contribution in [2.45, 2.75) is 6.92 Å². The van der Waals surface area contributed by atoms with Crippen molar-refractivity contribution in [1.82, 2.24) is 16.2 Å². The van der Waals surface area contributed by atoms with Crippen LogP contribution in [0.25, 0.3) is 6.08 Å². The Hall–Kier alpha value is -3.70. The summed E-state index contributed by atoms with van der Waals surface area (Å²) in [7, 11) is 1.55. The van der Waals surface area contributed by atoms with Crippen LogP contribution in [0.2, 0.25) is 0 Å². The zero-order chi connectivity index (χ0) is 20.5. The van der Waals surface area contributed by atoms with Crippen LogP contribution in [0.4, 0.5) is 0 Å². The number of nitrogens with one attached hydrogen (secondary N) is 3. The first-order valence-electron chi connectivity index (χ1n) is 8.17. The van der Waals surface area contributed by atoms with Crippen LogP contribution >= 0.6 is 12.2 Å². The predicted molar refractivity (Wildman–Crippen MR) is 109 cm³/mol. The van der Waals surface area contributed by atoms with E-state index < -0.39 is 11.8 Å². The van der Waals surface area contributed by atoms with Crippen molar-refractivity contribution in [3.05, 3.63) is 70.8 Å². The van der Waals surface area contributed by atoms with Crippen LogP contribution in [-0.2, 0) is 4.79 Å². The summed E-state index contributed by atoms with van der Waals surface area (Å²) in [5, 5.41) is 11.6. The van der Waals surface area contributed by atoms with Crippen molar-refractivity contribution in [2.75, 3.05) is 7.11 Å². The third-order valence-electron chi connectivity index (χ3n) is 3.59. The zero-order valence-corrected chi connectivity index (χ0v) is 16.1. The van der Waals surface area contributed by atoms with Gasteiger partial charge in [-0.25, -0.2) is 0 Å². The molecule has 0 aliphatic carbocycles. The predicted octanol–water partition coefficient (Wildman–Crippen LogP) is 2.25. The smallest absolute Gasteiger partial charge is 0.280 e. The molecule has 0 aliphatic heterocycles. The zero-order valence-electron chi connectivity index (χ0n) is 15.3. The quantitative estimate of drug-likeness (QED) is 0.318. The van der Waals surface area contributed by atoms with Crippen LogP contribution in [0.5, 0.6) is 5.75 Å². The molecule has 2 aromatic rings. The Morgan fingerprint density at radius 1 is 1.14 bits per heavy atom. The van der Waals surface area contributed by atoms with Gasteiger partial charge in [0.25, 0.3) is 11.8 Å². The van der Waals surface area contributed by atoms with E-state index in [9.17, 15) is 14.9 Å². The van der Waals surface area contributed by atoms with Crippen molar-refractivity contribution >= 4 is 35.2 Å². The van der Waals surface area contributed by atoms with Gasteiger partial charge in [-0.2, -0.15) is 5.26 Å². The molecule has 0 aromatic heterocycles. The minimum atomic E-state index is -0.689. The van der Waals surface area contributed by atoms with Gasteiger partial charge in [0.05, 0.1) is 7.11 Å². The average Bonchev–Trinajstić information content (AvgIpc) is 2.70. The number of hydrogen-bond donors (Lipinski definition) is 3. The fraction of sp³-hybridized carbons (Fsp3) is 0.100. The van der Waals surface area contributed by atoms with Crippen LogP contribution in [0.15, 0.2) is 54.1 Å². The molecule has 0 radical (unpaired) electrons. The van der Waals surface area contributed by atoms with E-state index in [0.717, 1.165) is 5.56 Å². The SMILES string of the molecule is COc1ccc(/C=C(\C#N)C(=O)NNC(=S)NC(=O)c2cccc(C)c2)cc1. The number of benzene rings is 2. The van der Waals surface area contributed by atoms with Crippen LogP contribution < -0.4 is 20.9 Å². The lowest BCUT2D eigenvalue weighted by molar-refractivity contribution is -0.117. The molecule has 8 heteroatoms. The number of carbonyl (C=O) groups is 2. The largest absolute Gasteiger partial charge is 0.497 e. The van der Waals surface area contributed by atoms with Crippen LogP contribution in [0.3, 0.4) is 0 Å². The van der Waals surface area contributed by atoms with E-state index in [1.807, 2.05) is 19.1 Å². The number of thiocarbonyl (C=S) groups is 1. The first-order chi connectivity index (χ1) is 13.4. The molecule has 0 saturated heterocycles. The van der Waals surface area contributed by atoms with Gasteiger partial charge in [-0.1, -0.05) is 29.8 Å². The maximum absolute atomic E-state index is 12.1. The molecule has 2 aromatic carbocycles. The number of aryl methyl sites for hydroxylation is 1. The summed E-state index contributed by atoms with van der Waals surface area (Å²) in [5.74, 6) is -0.438. The standard InChI is InChI=1S/C20H18N4O3S/c1-13-4-3-5-15(10-13)18(25)22-20(28)24-23-19(26)16(12-21)11-14-6-8-17(27-2)9-7-14/h3-11H,1-2H3,(H,23,26)(H2,22,24,25,28)/b16-11+. The number of nitriles is 1. The summed E-state index contributed by atoms with van der Waals surface area (Å²) in [6, 6.07) is 15.7. The highest BCUT2D eigenvalue weighted by Crippen LogP contribution is 2.13. The van der Waals surface area contributed by atoms with Gasteiger partial charge in [-0.3, -0.25) is 25.8 Å². The molecule has 142 valence electrons. The Balaban J connectivity index is 1.93. The van der Waals surface area contributed by atoms with Crippen LogP contribution in [0.1, 0.15) is 21.5 Å². The van der Waals surface area contributed by atoms with Gasteiger partial charge in [0.2, 0.25) is 0 Å². The lowest BCUT2D eigenvalue weighted by atomic mass is 10.1. The molecule has 28 heavy (non-hydrogen) atoms. The average molecular weight is 394 g/mol. The Morgan fingerprint density at radius 2 is 1.86 bits per heavy atom. The maximum Gasteiger partial charge on any atom is 0.280 e. The summed E-state index contributed by atoms with van der Waals surface area (Å²) < 4.78 is 5.06. The Morgan fingerprint density at radius 3 is 2.46 bits per heavy atom. The van der Waals surface area contributed by atoms with Crippen molar-refractivity contribution in [3.8, 4) is 11.8 Å². The molecule has 7 nitrogen and oxygen atoms in total. The van der Waals surface area contributed by atoms with Crippen molar-refractivity contribution in [3.63, 3.8) is 0 Å². The first kappa shape index (κ1) is 20.6. The fourth-order valence-corrected chi connectivity index (χ4v) is 2.33. The van der Waals surface area contributed by atoms with Gasteiger partial charge in [0.1, 0.15) is 17.4 Å². The second-order valence-electron chi connectivity index (χ2n) is 5.67. The fourth-order valence-electron chi connectivity index (χ4n) is 2.19. The normalized spacial score (nSPS) is 10.4. The number of ether oxygens (including phenoxy) is 1. The summed E-state index contributed by atoms with van der Waals surface area (Å²) in [6.07, 6.45) is 1.42. The molecule has 0 spiro atoms. The number of carbonyl (C=O) groups excluding carboxylic acids is 2. The van der Waals surface area contributed by atoms with Crippen molar-refractivity contribution < 1.29 is 14.3 Å². The van der Waals surface area contributed by atoms with Crippen molar-refractivity contribution in [1.29, 1.82) is 5.26 Å². The molecule has 3 N–H and O–H groups in total. The van der Waals surface area contributed by atoms with Gasteiger partial charge in [-0.05, 0) is 55.0 Å². The summed E-state index contributed by atoms with van der Waals surface area (Å²) in [5.41, 5.74) is 6.58. The molecule has 0 unspecified atom stereocenters. The van der Waals surface area contributed by atoms with Crippen molar-refractivity contribution in [2.24, 2.45) is 0 Å². The third-order valence-corrected chi connectivity index (χ3v) is 3.79. The highest BCUT2D eigenvalue weighted by atomic mass is 32.1. The maximum atomic E-state index is 12.1. The van der Waals surface area contributed by atoms with Gasteiger partial charge in [0, 0.05) is 5.56 Å². The summed E-state index contributed by atoms with van der Waals surface area (Å²) >= 11 is 4.99. The molecule has 2 rings (SSSR count). The minimum Gasteiger partial charge on any atom is -0.497 e. The van der Waals surface area contributed by atoms with E-state index in [0.29, 0.717) is 16.9 Å². The first-order valence-corrected chi connectivity index (χ1v) is 8.58. The highest BCUT2D eigenvalue weighted by molar-refractivity contribution is 7.80. The second kappa shape index (κ2) is 9.85. The molecule has 0 fully saturated rings. The number of rotatable bonds is 4. The Kier molecular flexibility index (Phi) is 7.25. The number of hydrazine groups is 1. The number of amides is 2. The molecule has 0 saturated carbocycles. The van der Waals surface area contributed by atoms with Gasteiger partial charge < -0.3 is 4.74 Å². The number of methoxy groups -OCH3 is 1. The molecular formula is C20H18N4O3S. The minimum absolute atomic E-state index is 0.0957. The lowest BCUT2D eigenvalue weighted by Gasteiger charge is -2.10. The molecular weight excluding hydrogens is 376 g/mol. The third kappa shape index (κ3) is 5.93. The summed E-state index contributed by atoms with van der Waals surface area (Å²) in [6.45, 7) is 1.87. The van der Waals surface area contributed by atoms with Gasteiger partial charge in [-0.15, -0.1) is 0 Å². The topological polar surface area (TPSA) is 103 Å².